The summed E-state index contributed by atoms with van der Waals surface area (Å²) >= 11 is 0. The Morgan fingerprint density at radius 3 is 2.63 bits per heavy atom. The van der Waals surface area contributed by atoms with E-state index in [1.165, 1.54) is 24.0 Å². The summed E-state index contributed by atoms with van der Waals surface area (Å²) < 4.78 is 0. The molecule has 0 spiro atoms. The molecule has 3 nitrogen and oxygen atoms in total. The van der Waals surface area contributed by atoms with Gasteiger partial charge in [0, 0.05) is 25.2 Å². The van der Waals surface area contributed by atoms with Crippen LogP contribution in [0.1, 0.15) is 65.1 Å². The number of aromatic nitrogens is 2. The molecule has 0 saturated heterocycles. The first-order valence-corrected chi connectivity index (χ1v) is 10.6. The van der Waals surface area contributed by atoms with Crippen LogP contribution in [0.4, 0.5) is 0 Å². The molecule has 4 aliphatic carbocycles. The molecule has 0 bridgehead atoms. The molecule has 0 amide bonds. The van der Waals surface area contributed by atoms with Gasteiger partial charge in [0.05, 0.1) is 0 Å². The molecule has 1 aromatic heterocycles. The lowest BCUT2D eigenvalue weighted by Crippen LogP contribution is -2.52. The number of fused-ring (bicyclic) bond motifs is 5. The predicted octanol–water partition coefficient (Wildman–Crippen LogP) is 5.25. The standard InChI is InChI=1S/C24H30N2O/c1-15-13-16-14-17(27)7-9-23(16,2)19-8-10-24(3)18(21(15)19)5-6-20(24)22-25-11-4-12-26-22/h4,6,11-13,15,18-19,21H,5,7-10,14H2,1-3H3/t15?,18-,19+,21-,23-,24-/m0/s1. The molecule has 2 fully saturated rings. The summed E-state index contributed by atoms with van der Waals surface area (Å²) in [5, 5.41) is 0. The van der Waals surface area contributed by atoms with E-state index in [1.54, 1.807) is 0 Å². The van der Waals surface area contributed by atoms with Crippen molar-refractivity contribution in [3.63, 3.8) is 0 Å². The quantitative estimate of drug-likeness (QED) is 0.641. The van der Waals surface area contributed by atoms with E-state index in [0.29, 0.717) is 35.9 Å². The number of allylic oxidation sites excluding steroid dienone is 4. The van der Waals surface area contributed by atoms with Gasteiger partial charge in [0.15, 0.2) is 5.82 Å². The van der Waals surface area contributed by atoms with Crippen molar-refractivity contribution in [3.8, 4) is 0 Å². The SMILES string of the molecule is CC1C=C2CC(=O)CC[C@]2(C)[C@@H]2CC[C@]3(C)C(c4ncccn4)=CC[C@H]3[C@H]12. The number of hydrogen-bond acceptors (Lipinski definition) is 3. The number of carbonyl (C=O) groups excluding carboxylic acids is 1. The lowest BCUT2D eigenvalue weighted by Gasteiger charge is -2.58. The van der Waals surface area contributed by atoms with E-state index in [1.807, 2.05) is 18.5 Å². The molecule has 1 unspecified atom stereocenters. The third-order valence-electron chi connectivity index (χ3n) is 8.65. The summed E-state index contributed by atoms with van der Waals surface area (Å²) in [5.41, 5.74) is 3.24. The Kier molecular flexibility index (Phi) is 3.76. The fraction of sp³-hybridized carbons (Fsp3) is 0.625. The Hall–Kier alpha value is -1.77. The molecule has 0 aliphatic heterocycles. The van der Waals surface area contributed by atoms with E-state index in [2.05, 4.69) is 42.9 Å². The summed E-state index contributed by atoms with van der Waals surface area (Å²) in [4.78, 5) is 21.3. The molecule has 27 heavy (non-hydrogen) atoms. The van der Waals surface area contributed by atoms with Crippen LogP contribution in [0, 0.1) is 34.5 Å². The van der Waals surface area contributed by atoms with Crippen LogP contribution < -0.4 is 0 Å². The highest BCUT2D eigenvalue weighted by atomic mass is 16.1. The van der Waals surface area contributed by atoms with Crippen LogP contribution in [0.2, 0.25) is 0 Å². The highest BCUT2D eigenvalue weighted by Crippen LogP contribution is 2.66. The van der Waals surface area contributed by atoms with Crippen molar-refractivity contribution in [3.05, 3.63) is 42.0 Å². The van der Waals surface area contributed by atoms with Crippen molar-refractivity contribution >= 4 is 11.4 Å². The van der Waals surface area contributed by atoms with Crippen molar-refractivity contribution in [1.29, 1.82) is 0 Å². The Balaban J connectivity index is 1.52. The average Bonchev–Trinajstić information content (AvgIpc) is 3.01. The summed E-state index contributed by atoms with van der Waals surface area (Å²) in [5.74, 6) is 3.99. The van der Waals surface area contributed by atoms with Gasteiger partial charge in [-0.1, -0.05) is 38.5 Å². The smallest absolute Gasteiger partial charge is 0.155 e. The summed E-state index contributed by atoms with van der Waals surface area (Å²) in [7, 11) is 0. The zero-order valence-electron chi connectivity index (χ0n) is 16.7. The van der Waals surface area contributed by atoms with E-state index in [4.69, 9.17) is 0 Å². The number of hydrogen-bond donors (Lipinski definition) is 0. The maximum Gasteiger partial charge on any atom is 0.155 e. The summed E-state index contributed by atoms with van der Waals surface area (Å²) in [6.45, 7) is 7.31. The lowest BCUT2D eigenvalue weighted by molar-refractivity contribution is -0.122. The molecular weight excluding hydrogens is 332 g/mol. The maximum atomic E-state index is 12.1. The largest absolute Gasteiger partial charge is 0.299 e. The Bertz CT molecular complexity index is 841. The molecule has 2 saturated carbocycles. The Morgan fingerprint density at radius 1 is 1.07 bits per heavy atom. The number of rotatable bonds is 1. The van der Waals surface area contributed by atoms with Crippen LogP contribution in [0.25, 0.3) is 5.57 Å². The molecule has 3 heteroatoms. The van der Waals surface area contributed by atoms with Gasteiger partial charge in [0.25, 0.3) is 0 Å². The van der Waals surface area contributed by atoms with Crippen molar-refractivity contribution in [2.24, 2.45) is 34.5 Å². The normalized spacial score (nSPS) is 43.3. The number of carbonyl (C=O) groups is 1. The molecule has 5 rings (SSSR count). The van der Waals surface area contributed by atoms with Crippen molar-refractivity contribution in [1.82, 2.24) is 9.97 Å². The van der Waals surface area contributed by atoms with Gasteiger partial charge in [0.1, 0.15) is 5.78 Å². The number of Topliss-reactive ketones (excluding diaryl/α,β-unsaturated/α-hetero) is 1. The van der Waals surface area contributed by atoms with E-state index in [9.17, 15) is 4.79 Å². The second kappa shape index (κ2) is 5.86. The van der Waals surface area contributed by atoms with Gasteiger partial charge >= 0.3 is 0 Å². The van der Waals surface area contributed by atoms with Crippen LogP contribution in [-0.4, -0.2) is 15.8 Å². The molecule has 1 aromatic rings. The van der Waals surface area contributed by atoms with Gasteiger partial charge in [-0.05, 0) is 71.8 Å². The third kappa shape index (κ3) is 2.36. The molecule has 0 N–H and O–H groups in total. The Morgan fingerprint density at radius 2 is 1.85 bits per heavy atom. The molecule has 142 valence electrons. The molecule has 0 radical (unpaired) electrons. The predicted molar refractivity (Wildman–Crippen MR) is 107 cm³/mol. The topological polar surface area (TPSA) is 42.9 Å². The van der Waals surface area contributed by atoms with Gasteiger partial charge in [-0.3, -0.25) is 4.79 Å². The van der Waals surface area contributed by atoms with E-state index in [0.717, 1.165) is 25.1 Å². The van der Waals surface area contributed by atoms with Crippen LogP contribution in [0.3, 0.4) is 0 Å². The van der Waals surface area contributed by atoms with E-state index in [-0.39, 0.29) is 10.8 Å². The fourth-order valence-electron chi connectivity index (χ4n) is 7.19. The van der Waals surface area contributed by atoms with Gasteiger partial charge in [-0.15, -0.1) is 0 Å². The number of ketones is 1. The first-order valence-electron chi connectivity index (χ1n) is 10.6. The molecule has 0 aromatic carbocycles. The van der Waals surface area contributed by atoms with Crippen LogP contribution in [0.15, 0.2) is 36.2 Å². The monoisotopic (exact) mass is 362 g/mol. The zero-order chi connectivity index (χ0) is 18.8. The highest BCUT2D eigenvalue weighted by molar-refractivity contribution is 5.82. The van der Waals surface area contributed by atoms with Crippen LogP contribution >= 0.6 is 0 Å². The Labute approximate surface area is 162 Å². The van der Waals surface area contributed by atoms with Crippen LogP contribution in [0.5, 0.6) is 0 Å². The fourth-order valence-corrected chi connectivity index (χ4v) is 7.19. The maximum absolute atomic E-state index is 12.1. The van der Waals surface area contributed by atoms with Crippen molar-refractivity contribution < 1.29 is 4.79 Å². The van der Waals surface area contributed by atoms with Crippen LogP contribution in [-0.2, 0) is 4.79 Å². The second-order valence-corrected chi connectivity index (χ2v) is 9.86. The lowest BCUT2D eigenvalue weighted by atomic mass is 9.45. The zero-order valence-corrected chi connectivity index (χ0v) is 16.7. The second-order valence-electron chi connectivity index (χ2n) is 9.86. The summed E-state index contributed by atoms with van der Waals surface area (Å²) in [6, 6.07) is 1.90. The van der Waals surface area contributed by atoms with Crippen molar-refractivity contribution in [2.75, 3.05) is 0 Å². The van der Waals surface area contributed by atoms with Gasteiger partial charge in [-0.2, -0.15) is 0 Å². The molecule has 6 atom stereocenters. The minimum Gasteiger partial charge on any atom is -0.299 e. The van der Waals surface area contributed by atoms with Crippen molar-refractivity contribution in [2.45, 2.75) is 59.3 Å². The first kappa shape index (κ1) is 17.3. The summed E-state index contributed by atoms with van der Waals surface area (Å²) in [6.07, 6.45) is 14.8. The first-order chi connectivity index (χ1) is 12.9. The molecule has 4 aliphatic rings. The third-order valence-corrected chi connectivity index (χ3v) is 8.65. The van der Waals surface area contributed by atoms with Gasteiger partial charge in [0.2, 0.25) is 0 Å². The minimum absolute atomic E-state index is 0.184. The number of nitrogens with zero attached hydrogens (tertiary/aromatic N) is 2. The average molecular weight is 363 g/mol. The highest BCUT2D eigenvalue weighted by Gasteiger charge is 2.58. The molecular formula is C24H30N2O. The minimum atomic E-state index is 0.184. The van der Waals surface area contributed by atoms with E-state index >= 15 is 0 Å². The van der Waals surface area contributed by atoms with Gasteiger partial charge < -0.3 is 0 Å². The van der Waals surface area contributed by atoms with E-state index < -0.39 is 0 Å². The molecule has 1 heterocycles. The van der Waals surface area contributed by atoms with Gasteiger partial charge in [-0.25, -0.2) is 9.97 Å².